The molecule has 0 bridgehead atoms. The van der Waals surface area contributed by atoms with Crippen molar-refractivity contribution < 1.29 is 8.81 Å². The van der Waals surface area contributed by atoms with Crippen LogP contribution in [0.3, 0.4) is 0 Å². The van der Waals surface area contributed by atoms with Crippen LogP contribution < -0.4 is 5.32 Å². The van der Waals surface area contributed by atoms with Crippen LogP contribution in [0.15, 0.2) is 27.1 Å². The molecule has 2 aromatic rings. The van der Waals surface area contributed by atoms with E-state index in [2.05, 4.69) is 52.2 Å². The number of hydrogen-bond acceptors (Lipinski definition) is 4. The van der Waals surface area contributed by atoms with Crippen LogP contribution in [0.1, 0.15) is 26.7 Å². The van der Waals surface area contributed by atoms with Gasteiger partial charge < -0.3 is 9.73 Å². The zero-order valence-corrected chi connectivity index (χ0v) is 13.3. The van der Waals surface area contributed by atoms with E-state index in [-0.39, 0.29) is 11.4 Å². The lowest BCUT2D eigenvalue weighted by molar-refractivity contribution is 0.411. The third kappa shape index (κ3) is 3.86. The number of aromatic nitrogens is 2. The summed E-state index contributed by atoms with van der Waals surface area (Å²) in [7, 11) is 0. The van der Waals surface area contributed by atoms with Crippen molar-refractivity contribution in [3.8, 4) is 11.5 Å². The molecule has 0 unspecified atom stereocenters. The second-order valence-electron chi connectivity index (χ2n) is 5.53. The maximum absolute atomic E-state index is 13.9. The molecule has 0 saturated heterocycles. The SMILES string of the molecule is CC(C)(C)NCCc1nnc(-c2cccc(Br)c2F)o1. The van der Waals surface area contributed by atoms with Crippen molar-refractivity contribution in [3.63, 3.8) is 0 Å². The summed E-state index contributed by atoms with van der Waals surface area (Å²) in [4.78, 5) is 0. The minimum absolute atomic E-state index is 0.0409. The predicted octanol–water partition coefficient (Wildman–Crippen LogP) is 3.57. The molecule has 0 amide bonds. The molecule has 20 heavy (non-hydrogen) atoms. The Kier molecular flexibility index (Phi) is 4.55. The molecule has 0 atom stereocenters. The Balaban J connectivity index is 2.07. The van der Waals surface area contributed by atoms with Crippen LogP contribution in [-0.2, 0) is 6.42 Å². The molecule has 2 rings (SSSR count). The molecule has 1 heterocycles. The van der Waals surface area contributed by atoms with Gasteiger partial charge in [0.15, 0.2) is 0 Å². The van der Waals surface area contributed by atoms with E-state index in [4.69, 9.17) is 4.42 Å². The fourth-order valence-corrected chi connectivity index (χ4v) is 2.04. The number of nitrogens with zero attached hydrogens (tertiary/aromatic N) is 2. The average molecular weight is 342 g/mol. The van der Waals surface area contributed by atoms with Gasteiger partial charge >= 0.3 is 0 Å². The molecule has 0 fully saturated rings. The van der Waals surface area contributed by atoms with Gasteiger partial charge in [0.25, 0.3) is 5.89 Å². The smallest absolute Gasteiger partial charge is 0.250 e. The molecular formula is C14H17BrFN3O. The standard InChI is InChI=1S/C14H17BrFN3O/c1-14(2,3)17-8-7-11-18-19-13(20-11)9-5-4-6-10(15)12(9)16/h4-6,17H,7-8H2,1-3H3. The third-order valence-corrected chi connectivity index (χ3v) is 3.26. The summed E-state index contributed by atoms with van der Waals surface area (Å²) in [5.74, 6) is 0.307. The lowest BCUT2D eigenvalue weighted by atomic mass is 10.1. The van der Waals surface area contributed by atoms with Crippen LogP contribution in [0.2, 0.25) is 0 Å². The lowest BCUT2D eigenvalue weighted by Crippen LogP contribution is -2.37. The largest absolute Gasteiger partial charge is 0.421 e. The van der Waals surface area contributed by atoms with Crippen LogP contribution in [-0.4, -0.2) is 22.3 Å². The van der Waals surface area contributed by atoms with Crippen molar-refractivity contribution in [3.05, 3.63) is 34.4 Å². The van der Waals surface area contributed by atoms with E-state index in [0.29, 0.717) is 22.3 Å². The predicted molar refractivity (Wildman–Crippen MR) is 78.9 cm³/mol. The van der Waals surface area contributed by atoms with Crippen LogP contribution in [0, 0.1) is 5.82 Å². The Labute approximate surface area is 125 Å². The first-order valence-electron chi connectivity index (χ1n) is 6.38. The molecule has 0 aliphatic heterocycles. The van der Waals surface area contributed by atoms with Gasteiger partial charge in [0, 0.05) is 18.5 Å². The maximum atomic E-state index is 13.9. The highest BCUT2D eigenvalue weighted by Gasteiger charge is 2.15. The van der Waals surface area contributed by atoms with Crippen molar-refractivity contribution in [1.82, 2.24) is 15.5 Å². The Hall–Kier alpha value is -1.27. The van der Waals surface area contributed by atoms with Gasteiger partial charge in [-0.3, -0.25) is 0 Å². The molecule has 108 valence electrons. The van der Waals surface area contributed by atoms with E-state index in [1.54, 1.807) is 18.2 Å². The van der Waals surface area contributed by atoms with Gasteiger partial charge in [0.1, 0.15) is 5.82 Å². The normalized spacial score (nSPS) is 11.8. The van der Waals surface area contributed by atoms with E-state index in [9.17, 15) is 4.39 Å². The molecule has 0 spiro atoms. The number of nitrogens with one attached hydrogen (secondary N) is 1. The molecule has 0 aliphatic carbocycles. The molecule has 4 nitrogen and oxygen atoms in total. The highest BCUT2D eigenvalue weighted by molar-refractivity contribution is 9.10. The fourth-order valence-electron chi connectivity index (χ4n) is 1.68. The van der Waals surface area contributed by atoms with Gasteiger partial charge in [0.05, 0.1) is 10.0 Å². The summed E-state index contributed by atoms with van der Waals surface area (Å²) in [6.45, 7) is 6.99. The van der Waals surface area contributed by atoms with Crippen molar-refractivity contribution in [1.29, 1.82) is 0 Å². The second-order valence-corrected chi connectivity index (χ2v) is 6.38. The first-order chi connectivity index (χ1) is 9.37. The lowest BCUT2D eigenvalue weighted by Gasteiger charge is -2.19. The van der Waals surface area contributed by atoms with E-state index < -0.39 is 5.82 Å². The summed E-state index contributed by atoms with van der Waals surface area (Å²) in [5, 5.41) is 11.2. The van der Waals surface area contributed by atoms with Gasteiger partial charge in [-0.1, -0.05) is 6.07 Å². The average Bonchev–Trinajstić information content (AvgIpc) is 2.79. The van der Waals surface area contributed by atoms with Crippen molar-refractivity contribution in [2.75, 3.05) is 6.54 Å². The zero-order chi connectivity index (χ0) is 14.8. The van der Waals surface area contributed by atoms with E-state index in [1.807, 2.05) is 0 Å². The van der Waals surface area contributed by atoms with E-state index >= 15 is 0 Å². The number of rotatable bonds is 4. The summed E-state index contributed by atoms with van der Waals surface area (Å²) in [6, 6.07) is 4.97. The van der Waals surface area contributed by atoms with Crippen LogP contribution in [0.4, 0.5) is 4.39 Å². The van der Waals surface area contributed by atoms with E-state index in [0.717, 1.165) is 6.54 Å². The van der Waals surface area contributed by atoms with Crippen LogP contribution in [0.5, 0.6) is 0 Å². The first-order valence-corrected chi connectivity index (χ1v) is 7.18. The molecule has 6 heteroatoms. The van der Waals surface area contributed by atoms with Gasteiger partial charge in [0.2, 0.25) is 5.89 Å². The molecule has 1 aromatic heterocycles. The van der Waals surface area contributed by atoms with Crippen LogP contribution >= 0.6 is 15.9 Å². The number of hydrogen-bond donors (Lipinski definition) is 1. The summed E-state index contributed by atoms with van der Waals surface area (Å²) in [6.07, 6.45) is 0.611. The Morgan fingerprint density at radius 1 is 1.30 bits per heavy atom. The van der Waals surface area contributed by atoms with Gasteiger partial charge in [-0.25, -0.2) is 4.39 Å². The maximum Gasteiger partial charge on any atom is 0.250 e. The van der Waals surface area contributed by atoms with Crippen molar-refractivity contribution in [2.24, 2.45) is 0 Å². The Morgan fingerprint density at radius 3 is 2.75 bits per heavy atom. The first kappa shape index (κ1) is 15.1. The molecule has 0 radical (unpaired) electrons. The molecule has 1 N–H and O–H groups in total. The number of halogens is 2. The van der Waals surface area contributed by atoms with Gasteiger partial charge in [-0.15, -0.1) is 10.2 Å². The van der Waals surface area contributed by atoms with Gasteiger partial charge in [-0.2, -0.15) is 0 Å². The highest BCUT2D eigenvalue weighted by atomic mass is 79.9. The molecular weight excluding hydrogens is 325 g/mol. The van der Waals surface area contributed by atoms with Crippen molar-refractivity contribution >= 4 is 15.9 Å². The number of benzene rings is 1. The second kappa shape index (κ2) is 6.01. The Bertz CT molecular complexity index is 592. The minimum Gasteiger partial charge on any atom is -0.421 e. The fraction of sp³-hybridized carbons (Fsp3) is 0.429. The summed E-state index contributed by atoms with van der Waals surface area (Å²) in [5.41, 5.74) is 0.348. The highest BCUT2D eigenvalue weighted by Crippen LogP contribution is 2.26. The minimum atomic E-state index is -0.393. The van der Waals surface area contributed by atoms with Crippen LogP contribution in [0.25, 0.3) is 11.5 Å². The third-order valence-electron chi connectivity index (χ3n) is 2.64. The monoisotopic (exact) mass is 341 g/mol. The Morgan fingerprint density at radius 2 is 2.05 bits per heavy atom. The molecule has 0 saturated carbocycles. The molecule has 1 aromatic carbocycles. The van der Waals surface area contributed by atoms with E-state index in [1.165, 1.54) is 0 Å². The summed E-state index contributed by atoms with van der Waals surface area (Å²) >= 11 is 3.14. The molecule has 0 aliphatic rings. The topological polar surface area (TPSA) is 51.0 Å². The summed E-state index contributed by atoms with van der Waals surface area (Å²) < 4.78 is 19.8. The van der Waals surface area contributed by atoms with Gasteiger partial charge in [-0.05, 0) is 48.8 Å². The zero-order valence-electron chi connectivity index (χ0n) is 11.7. The van der Waals surface area contributed by atoms with Crippen molar-refractivity contribution in [2.45, 2.75) is 32.7 Å². The quantitative estimate of drug-likeness (QED) is 0.923.